The Morgan fingerprint density at radius 3 is 2.52 bits per heavy atom. The number of hydrogen-bond acceptors (Lipinski definition) is 3. The lowest BCUT2D eigenvalue weighted by molar-refractivity contribution is -0.120. The molecule has 0 radical (unpaired) electrons. The largest absolute Gasteiger partial charge is 0.489 e. The van der Waals surface area contributed by atoms with Crippen LogP contribution in [0.15, 0.2) is 42.5 Å². The summed E-state index contributed by atoms with van der Waals surface area (Å²) < 4.78 is 6.09. The zero-order chi connectivity index (χ0) is 19.2. The molecule has 2 aromatic carbocycles. The van der Waals surface area contributed by atoms with Crippen LogP contribution in [0.25, 0.3) is 0 Å². The van der Waals surface area contributed by atoms with Gasteiger partial charge in [0, 0.05) is 11.6 Å². The van der Waals surface area contributed by atoms with Crippen LogP contribution in [0.3, 0.4) is 0 Å². The number of carbonyl (C=O) groups excluding carboxylic acids is 1. The minimum Gasteiger partial charge on any atom is -0.489 e. The molecule has 1 saturated heterocycles. The number of aryl methyl sites for hydroxylation is 1. The molecule has 2 aromatic rings. The molecule has 0 spiro atoms. The molecule has 144 valence electrons. The second kappa shape index (κ2) is 9.05. The lowest BCUT2D eigenvalue weighted by Crippen LogP contribution is -2.34. The number of carbonyl (C=O) groups is 1. The van der Waals surface area contributed by atoms with Gasteiger partial charge in [-0.3, -0.25) is 4.79 Å². The molecule has 1 fully saturated rings. The lowest BCUT2D eigenvalue weighted by atomic mass is 9.97. The van der Waals surface area contributed by atoms with E-state index in [4.69, 9.17) is 4.74 Å². The molecule has 0 bridgehead atoms. The summed E-state index contributed by atoms with van der Waals surface area (Å²) in [5, 5.41) is 6.33. The first kappa shape index (κ1) is 19.4. The minimum absolute atomic E-state index is 0.116. The van der Waals surface area contributed by atoms with Crippen LogP contribution in [0.4, 0.5) is 5.69 Å². The standard InChI is InChI=1S/C23H30N2O2/c1-16(2)21-9-4-17(3)14-22(21)27-15-18-5-7-20(8-6-18)25-23(26)19-10-12-24-13-11-19/h4-9,14,16,19,24H,10-13,15H2,1-3H3,(H,25,26). The van der Waals surface area contributed by atoms with Gasteiger partial charge in [0.2, 0.25) is 5.91 Å². The number of rotatable bonds is 6. The van der Waals surface area contributed by atoms with E-state index in [2.05, 4.69) is 49.6 Å². The van der Waals surface area contributed by atoms with Gasteiger partial charge in [0.15, 0.2) is 0 Å². The Morgan fingerprint density at radius 2 is 1.85 bits per heavy atom. The van der Waals surface area contributed by atoms with Crippen LogP contribution in [0.5, 0.6) is 5.75 Å². The maximum Gasteiger partial charge on any atom is 0.227 e. The Kier molecular flexibility index (Phi) is 6.51. The van der Waals surface area contributed by atoms with Crippen molar-refractivity contribution in [3.8, 4) is 5.75 Å². The summed E-state index contributed by atoms with van der Waals surface area (Å²) in [6.45, 7) is 8.80. The zero-order valence-electron chi connectivity index (χ0n) is 16.5. The predicted octanol–water partition coefficient (Wildman–Crippen LogP) is 4.64. The lowest BCUT2D eigenvalue weighted by Gasteiger charge is -2.21. The van der Waals surface area contributed by atoms with Crippen molar-refractivity contribution in [3.05, 3.63) is 59.2 Å². The number of amides is 1. The first-order valence-corrected chi connectivity index (χ1v) is 9.87. The van der Waals surface area contributed by atoms with Crippen molar-refractivity contribution < 1.29 is 9.53 Å². The summed E-state index contributed by atoms with van der Waals surface area (Å²) in [5.74, 6) is 1.62. The number of ether oxygens (including phenoxy) is 1. The Morgan fingerprint density at radius 1 is 1.15 bits per heavy atom. The SMILES string of the molecule is Cc1ccc(C(C)C)c(OCc2ccc(NC(=O)C3CCNCC3)cc2)c1. The van der Waals surface area contributed by atoms with E-state index in [1.54, 1.807) is 0 Å². The maximum absolute atomic E-state index is 12.3. The van der Waals surface area contributed by atoms with Crippen LogP contribution < -0.4 is 15.4 Å². The third kappa shape index (κ3) is 5.33. The summed E-state index contributed by atoms with van der Waals surface area (Å²) in [7, 11) is 0. The monoisotopic (exact) mass is 366 g/mol. The molecule has 1 aliphatic heterocycles. The van der Waals surface area contributed by atoms with Crippen LogP contribution in [0.1, 0.15) is 49.3 Å². The van der Waals surface area contributed by atoms with Gasteiger partial charge in [-0.2, -0.15) is 0 Å². The van der Waals surface area contributed by atoms with Gasteiger partial charge in [-0.15, -0.1) is 0 Å². The summed E-state index contributed by atoms with van der Waals surface area (Å²) in [5.41, 5.74) is 4.36. The van der Waals surface area contributed by atoms with Gasteiger partial charge in [-0.1, -0.05) is 38.1 Å². The molecular weight excluding hydrogens is 336 g/mol. The zero-order valence-corrected chi connectivity index (χ0v) is 16.5. The van der Waals surface area contributed by atoms with E-state index in [-0.39, 0.29) is 11.8 Å². The molecule has 2 N–H and O–H groups in total. The van der Waals surface area contributed by atoms with Crippen molar-refractivity contribution in [1.29, 1.82) is 0 Å². The molecule has 4 nitrogen and oxygen atoms in total. The van der Waals surface area contributed by atoms with Gasteiger partial charge in [0.05, 0.1) is 0 Å². The van der Waals surface area contributed by atoms with Crippen LogP contribution >= 0.6 is 0 Å². The van der Waals surface area contributed by atoms with Crippen molar-refractivity contribution in [1.82, 2.24) is 5.32 Å². The fraction of sp³-hybridized carbons (Fsp3) is 0.435. The minimum atomic E-state index is 0.116. The highest BCUT2D eigenvalue weighted by Crippen LogP contribution is 2.28. The fourth-order valence-electron chi connectivity index (χ4n) is 3.42. The van der Waals surface area contributed by atoms with Crippen LogP contribution in [0, 0.1) is 12.8 Å². The van der Waals surface area contributed by atoms with E-state index in [1.165, 1.54) is 11.1 Å². The topological polar surface area (TPSA) is 50.4 Å². The van der Waals surface area contributed by atoms with Gasteiger partial charge in [-0.05, 0) is 73.7 Å². The summed E-state index contributed by atoms with van der Waals surface area (Å²) in [6, 6.07) is 14.3. The van der Waals surface area contributed by atoms with Gasteiger partial charge in [0.25, 0.3) is 0 Å². The van der Waals surface area contributed by atoms with Gasteiger partial charge < -0.3 is 15.4 Å². The molecule has 4 heteroatoms. The number of nitrogens with one attached hydrogen (secondary N) is 2. The Bertz CT molecular complexity index is 762. The van der Waals surface area contributed by atoms with E-state index < -0.39 is 0 Å². The van der Waals surface area contributed by atoms with Crippen LogP contribution in [0.2, 0.25) is 0 Å². The summed E-state index contributed by atoms with van der Waals surface area (Å²) >= 11 is 0. The Balaban J connectivity index is 1.58. The van der Waals surface area contributed by atoms with E-state index in [1.807, 2.05) is 24.3 Å². The number of benzene rings is 2. The second-order valence-electron chi connectivity index (χ2n) is 7.70. The highest BCUT2D eigenvalue weighted by atomic mass is 16.5. The highest BCUT2D eigenvalue weighted by molar-refractivity contribution is 5.92. The van der Waals surface area contributed by atoms with Gasteiger partial charge in [0.1, 0.15) is 12.4 Å². The van der Waals surface area contributed by atoms with Gasteiger partial charge >= 0.3 is 0 Å². The van der Waals surface area contributed by atoms with E-state index in [0.29, 0.717) is 12.5 Å². The van der Waals surface area contributed by atoms with Crippen LogP contribution in [-0.4, -0.2) is 19.0 Å². The predicted molar refractivity (Wildman–Crippen MR) is 110 cm³/mol. The molecule has 1 aliphatic rings. The third-order valence-corrected chi connectivity index (χ3v) is 5.12. The molecule has 0 saturated carbocycles. The summed E-state index contributed by atoms with van der Waals surface area (Å²) in [4.78, 5) is 12.3. The first-order chi connectivity index (χ1) is 13.0. The third-order valence-electron chi connectivity index (χ3n) is 5.12. The normalized spacial score (nSPS) is 15.0. The van der Waals surface area contributed by atoms with Crippen LogP contribution in [-0.2, 0) is 11.4 Å². The molecule has 0 atom stereocenters. The van der Waals surface area contributed by atoms with Crippen molar-refractivity contribution in [2.24, 2.45) is 5.92 Å². The maximum atomic E-state index is 12.3. The Labute approximate surface area is 162 Å². The quantitative estimate of drug-likeness (QED) is 0.783. The van der Waals surface area contributed by atoms with Crippen molar-refractivity contribution in [2.45, 2.75) is 46.1 Å². The molecule has 0 aliphatic carbocycles. The highest BCUT2D eigenvalue weighted by Gasteiger charge is 2.20. The average molecular weight is 367 g/mol. The summed E-state index contributed by atoms with van der Waals surface area (Å²) in [6.07, 6.45) is 1.82. The molecule has 3 rings (SSSR count). The molecule has 1 heterocycles. The van der Waals surface area contributed by atoms with Crippen molar-refractivity contribution in [2.75, 3.05) is 18.4 Å². The number of anilines is 1. The molecule has 0 unspecified atom stereocenters. The molecular formula is C23H30N2O2. The van der Waals surface area contributed by atoms with Crippen molar-refractivity contribution >= 4 is 11.6 Å². The van der Waals surface area contributed by atoms with Crippen molar-refractivity contribution in [3.63, 3.8) is 0 Å². The van der Waals surface area contributed by atoms with E-state index in [0.717, 1.165) is 42.9 Å². The first-order valence-electron chi connectivity index (χ1n) is 9.87. The smallest absolute Gasteiger partial charge is 0.227 e. The van der Waals surface area contributed by atoms with E-state index in [9.17, 15) is 4.79 Å². The Hall–Kier alpha value is -2.33. The number of hydrogen-bond donors (Lipinski definition) is 2. The van der Waals surface area contributed by atoms with Gasteiger partial charge in [-0.25, -0.2) is 0 Å². The molecule has 1 amide bonds. The van der Waals surface area contributed by atoms with E-state index >= 15 is 0 Å². The number of piperidine rings is 1. The molecule has 27 heavy (non-hydrogen) atoms. The fourth-order valence-corrected chi connectivity index (χ4v) is 3.42. The average Bonchev–Trinajstić information content (AvgIpc) is 2.68. The molecule has 0 aromatic heterocycles. The second-order valence-corrected chi connectivity index (χ2v) is 7.70.